The number of rotatable bonds is 6. The van der Waals surface area contributed by atoms with Crippen LogP contribution >= 0.6 is 0 Å². The smallest absolute Gasteiger partial charge is 0.261 e. The van der Waals surface area contributed by atoms with Gasteiger partial charge >= 0.3 is 0 Å². The zero-order valence-electron chi connectivity index (χ0n) is 17.0. The molecule has 7 nitrogen and oxygen atoms in total. The standard InChI is InChI=1S/C25H20N4O3/c30-23(19-11-13-26-14-12-19)28-20-8-4-5-17(15-20)16-27-24(31)21-9-10-22(29-25(21)32)18-6-2-1-3-7-18/h1-15H,16H2,(H,27,31)(H,28,30)(H,29,32). The fraction of sp³-hybridized carbons (Fsp3) is 0.0400. The largest absolute Gasteiger partial charge is 0.348 e. The maximum Gasteiger partial charge on any atom is 0.261 e. The Morgan fingerprint density at radius 1 is 0.844 bits per heavy atom. The molecule has 0 bridgehead atoms. The normalized spacial score (nSPS) is 10.4. The molecular weight excluding hydrogens is 404 g/mol. The summed E-state index contributed by atoms with van der Waals surface area (Å²) in [4.78, 5) is 43.9. The molecule has 2 aromatic carbocycles. The van der Waals surface area contributed by atoms with E-state index in [1.54, 1.807) is 48.8 Å². The zero-order valence-corrected chi connectivity index (χ0v) is 17.0. The van der Waals surface area contributed by atoms with E-state index < -0.39 is 11.5 Å². The fourth-order valence-corrected chi connectivity index (χ4v) is 3.18. The van der Waals surface area contributed by atoms with Crippen molar-refractivity contribution in [2.45, 2.75) is 6.54 Å². The number of carbonyl (C=O) groups is 2. The summed E-state index contributed by atoms with van der Waals surface area (Å²) < 4.78 is 0. The second kappa shape index (κ2) is 9.53. The van der Waals surface area contributed by atoms with Crippen LogP contribution in [-0.2, 0) is 6.54 Å². The molecular formula is C25H20N4O3. The van der Waals surface area contributed by atoms with Crippen LogP contribution < -0.4 is 16.2 Å². The van der Waals surface area contributed by atoms with Crippen LogP contribution in [0.2, 0.25) is 0 Å². The van der Waals surface area contributed by atoms with Crippen molar-refractivity contribution in [2.75, 3.05) is 5.32 Å². The monoisotopic (exact) mass is 424 g/mol. The molecule has 2 amide bonds. The Morgan fingerprint density at radius 3 is 2.38 bits per heavy atom. The van der Waals surface area contributed by atoms with Crippen molar-refractivity contribution in [1.82, 2.24) is 15.3 Å². The molecule has 0 radical (unpaired) electrons. The van der Waals surface area contributed by atoms with E-state index in [2.05, 4.69) is 20.6 Å². The molecule has 0 saturated heterocycles. The van der Waals surface area contributed by atoms with Gasteiger partial charge in [-0.2, -0.15) is 0 Å². The first kappa shape index (κ1) is 20.7. The van der Waals surface area contributed by atoms with E-state index in [4.69, 9.17) is 0 Å². The van der Waals surface area contributed by atoms with Crippen LogP contribution in [0.3, 0.4) is 0 Å². The Bertz CT molecular complexity index is 1300. The quantitative estimate of drug-likeness (QED) is 0.440. The third-order valence-electron chi connectivity index (χ3n) is 4.82. The number of carbonyl (C=O) groups excluding carboxylic acids is 2. The van der Waals surface area contributed by atoms with E-state index in [0.717, 1.165) is 11.1 Å². The van der Waals surface area contributed by atoms with Gasteiger partial charge < -0.3 is 15.6 Å². The average molecular weight is 424 g/mol. The van der Waals surface area contributed by atoms with Gasteiger partial charge in [-0.1, -0.05) is 42.5 Å². The lowest BCUT2D eigenvalue weighted by molar-refractivity contribution is 0.0948. The first-order chi connectivity index (χ1) is 15.6. The highest BCUT2D eigenvalue weighted by Crippen LogP contribution is 2.15. The van der Waals surface area contributed by atoms with E-state index in [0.29, 0.717) is 16.9 Å². The van der Waals surface area contributed by atoms with Gasteiger partial charge in [0, 0.05) is 35.9 Å². The van der Waals surface area contributed by atoms with Gasteiger partial charge in [0.05, 0.1) is 0 Å². The Labute approximate surface area is 184 Å². The number of hydrogen-bond donors (Lipinski definition) is 3. The van der Waals surface area contributed by atoms with Gasteiger partial charge in [0.25, 0.3) is 17.4 Å². The van der Waals surface area contributed by atoms with Crippen molar-refractivity contribution >= 4 is 17.5 Å². The predicted octanol–water partition coefficient (Wildman–Crippen LogP) is 3.62. The van der Waals surface area contributed by atoms with Crippen molar-refractivity contribution in [1.29, 1.82) is 0 Å². The summed E-state index contributed by atoms with van der Waals surface area (Å²) in [5.74, 6) is -0.726. The van der Waals surface area contributed by atoms with E-state index >= 15 is 0 Å². The lowest BCUT2D eigenvalue weighted by atomic mass is 10.1. The van der Waals surface area contributed by atoms with E-state index in [1.807, 2.05) is 36.4 Å². The van der Waals surface area contributed by atoms with Crippen molar-refractivity contribution in [3.05, 3.63) is 118 Å². The lowest BCUT2D eigenvalue weighted by Gasteiger charge is -2.09. The molecule has 0 aliphatic heterocycles. The lowest BCUT2D eigenvalue weighted by Crippen LogP contribution is -2.29. The van der Waals surface area contributed by atoms with Crippen LogP contribution in [0.15, 0.2) is 96.1 Å². The Hall–Kier alpha value is -4.52. The van der Waals surface area contributed by atoms with E-state index in [9.17, 15) is 14.4 Å². The summed E-state index contributed by atoms with van der Waals surface area (Å²) in [7, 11) is 0. The van der Waals surface area contributed by atoms with Gasteiger partial charge in [0.2, 0.25) is 0 Å². The minimum Gasteiger partial charge on any atom is -0.348 e. The number of aromatic nitrogens is 2. The molecule has 0 unspecified atom stereocenters. The van der Waals surface area contributed by atoms with E-state index in [-0.39, 0.29) is 18.0 Å². The number of nitrogens with one attached hydrogen (secondary N) is 3. The molecule has 2 aromatic heterocycles. The zero-order chi connectivity index (χ0) is 22.3. The molecule has 0 fully saturated rings. The summed E-state index contributed by atoms with van der Waals surface area (Å²) in [5.41, 5.74) is 2.96. The third-order valence-corrected chi connectivity index (χ3v) is 4.82. The molecule has 3 N–H and O–H groups in total. The molecule has 158 valence electrons. The maximum atomic E-state index is 12.5. The number of H-pyrrole nitrogens is 1. The first-order valence-corrected chi connectivity index (χ1v) is 9.97. The minimum absolute atomic E-state index is 0.0341. The van der Waals surface area contributed by atoms with Gasteiger partial charge in [0.1, 0.15) is 5.56 Å². The topological polar surface area (TPSA) is 104 Å². The number of anilines is 1. The molecule has 2 heterocycles. The highest BCUT2D eigenvalue weighted by molar-refractivity contribution is 6.04. The van der Waals surface area contributed by atoms with Gasteiger partial charge in [-0.05, 0) is 47.5 Å². The van der Waals surface area contributed by atoms with E-state index in [1.165, 1.54) is 6.07 Å². The molecule has 4 aromatic rings. The number of hydrogen-bond acceptors (Lipinski definition) is 4. The molecule has 0 atom stereocenters. The van der Waals surface area contributed by atoms with Crippen LogP contribution in [0, 0.1) is 0 Å². The number of amides is 2. The number of pyridine rings is 2. The number of aromatic amines is 1. The van der Waals surface area contributed by atoms with Crippen LogP contribution in [0.1, 0.15) is 26.3 Å². The van der Waals surface area contributed by atoms with Crippen molar-refractivity contribution in [2.24, 2.45) is 0 Å². The Kier molecular flexibility index (Phi) is 6.17. The van der Waals surface area contributed by atoms with Crippen molar-refractivity contribution in [3.63, 3.8) is 0 Å². The summed E-state index contributed by atoms with van der Waals surface area (Å²) in [6.07, 6.45) is 3.10. The van der Waals surface area contributed by atoms with Gasteiger partial charge in [-0.15, -0.1) is 0 Å². The highest BCUT2D eigenvalue weighted by Gasteiger charge is 2.12. The van der Waals surface area contributed by atoms with Crippen LogP contribution in [-0.4, -0.2) is 21.8 Å². The Morgan fingerprint density at radius 2 is 1.62 bits per heavy atom. The molecule has 0 saturated carbocycles. The molecule has 0 spiro atoms. The second-order valence-electron chi connectivity index (χ2n) is 7.05. The maximum absolute atomic E-state index is 12.5. The van der Waals surface area contributed by atoms with Crippen molar-refractivity contribution in [3.8, 4) is 11.3 Å². The fourth-order valence-electron chi connectivity index (χ4n) is 3.18. The molecule has 0 aliphatic carbocycles. The van der Waals surface area contributed by atoms with Gasteiger partial charge in [-0.25, -0.2) is 0 Å². The second-order valence-corrected chi connectivity index (χ2v) is 7.05. The summed E-state index contributed by atoms with van der Waals surface area (Å²) in [5, 5.41) is 5.56. The SMILES string of the molecule is O=C(Nc1cccc(CNC(=O)c2ccc(-c3ccccc3)[nH]c2=O)c1)c1ccncc1. The first-order valence-electron chi connectivity index (χ1n) is 9.97. The Balaban J connectivity index is 1.40. The summed E-state index contributed by atoms with van der Waals surface area (Å²) in [6.45, 7) is 0.206. The molecule has 0 aliphatic rings. The molecule has 4 rings (SSSR count). The van der Waals surface area contributed by atoms with Crippen LogP contribution in [0.4, 0.5) is 5.69 Å². The average Bonchev–Trinajstić information content (AvgIpc) is 2.84. The summed E-state index contributed by atoms with van der Waals surface area (Å²) >= 11 is 0. The van der Waals surface area contributed by atoms with Gasteiger partial charge in [0.15, 0.2) is 0 Å². The van der Waals surface area contributed by atoms with Crippen LogP contribution in [0.25, 0.3) is 11.3 Å². The number of nitrogens with zero attached hydrogens (tertiary/aromatic N) is 1. The minimum atomic E-state index is -0.475. The molecule has 32 heavy (non-hydrogen) atoms. The van der Waals surface area contributed by atoms with Crippen LogP contribution in [0.5, 0.6) is 0 Å². The van der Waals surface area contributed by atoms with Crippen molar-refractivity contribution < 1.29 is 9.59 Å². The summed E-state index contributed by atoms with van der Waals surface area (Å²) in [6, 6.07) is 23.0. The third kappa shape index (κ3) is 4.96. The molecule has 7 heteroatoms. The number of benzene rings is 2. The predicted molar refractivity (Wildman–Crippen MR) is 122 cm³/mol. The highest BCUT2D eigenvalue weighted by atomic mass is 16.2. The van der Waals surface area contributed by atoms with Gasteiger partial charge in [-0.3, -0.25) is 19.4 Å².